The van der Waals surface area contributed by atoms with Gasteiger partial charge in [0.15, 0.2) is 0 Å². The summed E-state index contributed by atoms with van der Waals surface area (Å²) in [6.07, 6.45) is 2.06. The normalized spacial score (nSPS) is 22.5. The van der Waals surface area contributed by atoms with Crippen LogP contribution >= 0.6 is 15.9 Å². The van der Waals surface area contributed by atoms with E-state index in [1.54, 1.807) is 7.11 Å². The molecule has 1 aliphatic heterocycles. The Balaban J connectivity index is 2.18. The summed E-state index contributed by atoms with van der Waals surface area (Å²) in [6.45, 7) is 9.24. The zero-order valence-corrected chi connectivity index (χ0v) is 15.0. The first-order valence-corrected chi connectivity index (χ1v) is 8.28. The first kappa shape index (κ1) is 16.8. The molecule has 1 aromatic carbocycles. The zero-order valence-electron chi connectivity index (χ0n) is 13.5. The summed E-state index contributed by atoms with van der Waals surface area (Å²) in [5.41, 5.74) is 1.52. The first-order chi connectivity index (χ1) is 9.84. The molecule has 0 amide bonds. The Morgan fingerprint density at radius 2 is 2.14 bits per heavy atom. The van der Waals surface area contributed by atoms with Gasteiger partial charge in [0.2, 0.25) is 0 Å². The van der Waals surface area contributed by atoms with E-state index in [9.17, 15) is 0 Å². The number of rotatable bonds is 5. The zero-order chi connectivity index (χ0) is 15.5. The van der Waals surface area contributed by atoms with Crippen LogP contribution in [0.25, 0.3) is 0 Å². The van der Waals surface area contributed by atoms with Crippen molar-refractivity contribution in [2.75, 3.05) is 26.9 Å². The average Bonchev–Trinajstić information content (AvgIpc) is 2.85. The molecule has 0 aromatic heterocycles. The highest BCUT2D eigenvalue weighted by molar-refractivity contribution is 9.10. The van der Waals surface area contributed by atoms with Crippen LogP contribution in [-0.2, 0) is 11.2 Å². The van der Waals surface area contributed by atoms with E-state index in [1.807, 2.05) is 12.1 Å². The molecular formula is C17H26BrNO2. The van der Waals surface area contributed by atoms with E-state index in [4.69, 9.17) is 9.47 Å². The predicted molar refractivity (Wildman–Crippen MR) is 90.0 cm³/mol. The van der Waals surface area contributed by atoms with Crippen LogP contribution in [0.3, 0.4) is 0 Å². The maximum Gasteiger partial charge on any atom is 0.122 e. The van der Waals surface area contributed by atoms with Gasteiger partial charge in [-0.3, -0.25) is 0 Å². The van der Waals surface area contributed by atoms with Crippen molar-refractivity contribution in [2.45, 2.75) is 39.2 Å². The van der Waals surface area contributed by atoms with Crippen LogP contribution in [0, 0.1) is 5.41 Å². The summed E-state index contributed by atoms with van der Waals surface area (Å²) in [4.78, 5) is 0. The van der Waals surface area contributed by atoms with Crippen molar-refractivity contribution in [3.05, 3.63) is 28.2 Å². The van der Waals surface area contributed by atoms with Gasteiger partial charge in [-0.2, -0.15) is 0 Å². The van der Waals surface area contributed by atoms with Crippen LogP contribution in [0.4, 0.5) is 0 Å². The number of hydrogen-bond donors (Lipinski definition) is 1. The second-order valence-corrected chi connectivity index (χ2v) is 7.95. The second kappa shape index (κ2) is 6.67. The molecular weight excluding hydrogens is 330 g/mol. The molecule has 4 heteroatoms. The van der Waals surface area contributed by atoms with Crippen molar-refractivity contribution in [1.29, 1.82) is 0 Å². The first-order valence-electron chi connectivity index (χ1n) is 7.49. The molecule has 0 aliphatic carbocycles. The maximum absolute atomic E-state index is 5.71. The van der Waals surface area contributed by atoms with Crippen molar-refractivity contribution in [2.24, 2.45) is 5.41 Å². The van der Waals surface area contributed by atoms with Crippen LogP contribution in [0.1, 0.15) is 32.8 Å². The summed E-state index contributed by atoms with van der Waals surface area (Å²) in [6, 6.07) is 6.21. The minimum atomic E-state index is 0.122. The summed E-state index contributed by atoms with van der Waals surface area (Å²) < 4.78 is 12.3. The topological polar surface area (TPSA) is 30.5 Å². The average molecular weight is 356 g/mol. The van der Waals surface area contributed by atoms with Gasteiger partial charge in [-0.1, -0.05) is 15.9 Å². The highest BCUT2D eigenvalue weighted by Gasteiger charge is 2.36. The lowest BCUT2D eigenvalue weighted by Gasteiger charge is -2.32. The summed E-state index contributed by atoms with van der Waals surface area (Å²) in [5.74, 6) is 0.959. The van der Waals surface area contributed by atoms with Crippen molar-refractivity contribution in [3.8, 4) is 5.75 Å². The molecule has 0 radical (unpaired) electrons. The van der Waals surface area contributed by atoms with Gasteiger partial charge in [-0.15, -0.1) is 0 Å². The third kappa shape index (κ3) is 4.70. The summed E-state index contributed by atoms with van der Waals surface area (Å²) >= 11 is 3.56. The van der Waals surface area contributed by atoms with E-state index < -0.39 is 0 Å². The Hall–Kier alpha value is -0.580. The number of methoxy groups -OCH3 is 1. The Morgan fingerprint density at radius 3 is 2.71 bits per heavy atom. The van der Waals surface area contributed by atoms with Crippen LogP contribution in [0.15, 0.2) is 22.7 Å². The Labute approximate surface area is 136 Å². The van der Waals surface area contributed by atoms with E-state index in [-0.39, 0.29) is 11.0 Å². The summed E-state index contributed by atoms with van der Waals surface area (Å²) in [7, 11) is 1.73. The van der Waals surface area contributed by atoms with Gasteiger partial charge in [-0.05, 0) is 57.4 Å². The number of ether oxygens (including phenoxy) is 2. The molecule has 21 heavy (non-hydrogen) atoms. The van der Waals surface area contributed by atoms with Crippen LogP contribution in [-0.4, -0.2) is 32.4 Å². The van der Waals surface area contributed by atoms with Gasteiger partial charge < -0.3 is 14.8 Å². The fraction of sp³-hybridized carbons (Fsp3) is 0.647. The van der Waals surface area contributed by atoms with E-state index >= 15 is 0 Å². The molecule has 1 N–H and O–H groups in total. The highest BCUT2D eigenvalue weighted by Crippen LogP contribution is 2.36. The van der Waals surface area contributed by atoms with E-state index in [0.29, 0.717) is 0 Å². The van der Waals surface area contributed by atoms with E-state index in [2.05, 4.69) is 48.1 Å². The lowest BCUT2D eigenvalue weighted by Crippen LogP contribution is -2.45. The quantitative estimate of drug-likeness (QED) is 0.871. The van der Waals surface area contributed by atoms with Gasteiger partial charge >= 0.3 is 0 Å². The third-order valence-electron chi connectivity index (χ3n) is 3.99. The molecule has 118 valence electrons. The van der Waals surface area contributed by atoms with Crippen molar-refractivity contribution >= 4 is 15.9 Å². The molecule has 0 bridgehead atoms. The monoisotopic (exact) mass is 355 g/mol. The highest BCUT2D eigenvalue weighted by atomic mass is 79.9. The molecule has 1 fully saturated rings. The molecule has 1 aliphatic rings. The second-order valence-electron chi connectivity index (χ2n) is 7.04. The largest absolute Gasteiger partial charge is 0.496 e. The van der Waals surface area contributed by atoms with E-state index in [1.165, 1.54) is 5.56 Å². The van der Waals surface area contributed by atoms with Crippen molar-refractivity contribution < 1.29 is 9.47 Å². The lowest BCUT2D eigenvalue weighted by atomic mass is 9.80. The number of halogens is 1. The third-order valence-corrected chi connectivity index (χ3v) is 4.48. The van der Waals surface area contributed by atoms with E-state index in [0.717, 1.165) is 42.8 Å². The van der Waals surface area contributed by atoms with Crippen LogP contribution in [0.2, 0.25) is 0 Å². The minimum absolute atomic E-state index is 0.122. The van der Waals surface area contributed by atoms with Crippen molar-refractivity contribution in [1.82, 2.24) is 5.32 Å². The van der Waals surface area contributed by atoms with Gasteiger partial charge in [0.1, 0.15) is 5.75 Å². The lowest BCUT2D eigenvalue weighted by molar-refractivity contribution is 0.143. The van der Waals surface area contributed by atoms with Gasteiger partial charge in [0.25, 0.3) is 0 Å². The molecule has 0 spiro atoms. The summed E-state index contributed by atoms with van der Waals surface area (Å²) in [5, 5.41) is 3.64. The molecule has 1 atom stereocenters. The smallest absolute Gasteiger partial charge is 0.122 e. The number of benzene rings is 1. The SMILES string of the molecule is COc1ccc(Br)cc1CC1(CNC(C)(C)C)CCOC1. The minimum Gasteiger partial charge on any atom is -0.496 e. The Kier molecular flexibility index (Phi) is 5.33. The fourth-order valence-electron chi connectivity index (χ4n) is 2.73. The van der Waals surface area contributed by atoms with Gasteiger partial charge in [0, 0.05) is 28.6 Å². The maximum atomic E-state index is 5.71. The molecule has 1 aromatic rings. The van der Waals surface area contributed by atoms with Crippen LogP contribution < -0.4 is 10.1 Å². The van der Waals surface area contributed by atoms with Gasteiger partial charge in [0.05, 0.1) is 13.7 Å². The molecule has 1 heterocycles. The Bertz CT molecular complexity index is 476. The standard InChI is InChI=1S/C17H26BrNO2/c1-16(2,3)19-11-17(7-8-21-12-17)10-13-9-14(18)5-6-15(13)20-4/h5-6,9,19H,7-8,10-12H2,1-4H3. The Morgan fingerprint density at radius 1 is 1.38 bits per heavy atom. The number of nitrogens with one attached hydrogen (secondary N) is 1. The molecule has 3 nitrogen and oxygen atoms in total. The molecule has 2 rings (SSSR count). The number of hydrogen-bond acceptors (Lipinski definition) is 3. The molecule has 1 unspecified atom stereocenters. The van der Waals surface area contributed by atoms with Crippen LogP contribution in [0.5, 0.6) is 5.75 Å². The molecule has 0 saturated carbocycles. The van der Waals surface area contributed by atoms with Gasteiger partial charge in [-0.25, -0.2) is 0 Å². The predicted octanol–water partition coefficient (Wildman–Crippen LogP) is 3.80. The fourth-order valence-corrected chi connectivity index (χ4v) is 3.14. The van der Waals surface area contributed by atoms with Crippen molar-refractivity contribution in [3.63, 3.8) is 0 Å². The molecule has 1 saturated heterocycles.